The average Bonchev–Trinajstić information content (AvgIpc) is 2.50. The zero-order chi connectivity index (χ0) is 15.8. The standard InChI is InChI=1S/C14H19NO6/c1-9(14(17)18)21-7-6-15-13(16)10-4-5-11(19-2)12(8-10)20-3/h4-5,8-9H,6-7H2,1-3H3,(H,15,16)(H,17,18). The van der Waals surface area contributed by atoms with E-state index in [0.29, 0.717) is 17.1 Å². The Morgan fingerprint density at radius 3 is 2.48 bits per heavy atom. The van der Waals surface area contributed by atoms with Gasteiger partial charge >= 0.3 is 5.97 Å². The van der Waals surface area contributed by atoms with Crippen LogP contribution in [0.5, 0.6) is 11.5 Å². The summed E-state index contributed by atoms with van der Waals surface area (Å²) in [6.07, 6.45) is -0.900. The highest BCUT2D eigenvalue weighted by molar-refractivity contribution is 5.94. The number of nitrogens with one attached hydrogen (secondary N) is 1. The quantitative estimate of drug-likeness (QED) is 0.693. The van der Waals surface area contributed by atoms with Crippen LogP contribution in [0.3, 0.4) is 0 Å². The Balaban J connectivity index is 2.51. The molecule has 0 spiro atoms. The number of carbonyl (C=O) groups is 2. The summed E-state index contributed by atoms with van der Waals surface area (Å²) in [4.78, 5) is 22.5. The first kappa shape index (κ1) is 16.8. The molecule has 7 heteroatoms. The summed E-state index contributed by atoms with van der Waals surface area (Å²) in [5.41, 5.74) is 0.416. The monoisotopic (exact) mass is 297 g/mol. The Bertz CT molecular complexity index is 502. The topological polar surface area (TPSA) is 94.1 Å². The Morgan fingerprint density at radius 1 is 1.24 bits per heavy atom. The minimum atomic E-state index is -1.04. The van der Waals surface area contributed by atoms with Gasteiger partial charge in [-0.1, -0.05) is 0 Å². The number of hydrogen-bond donors (Lipinski definition) is 2. The fourth-order valence-electron chi connectivity index (χ4n) is 1.55. The zero-order valence-electron chi connectivity index (χ0n) is 12.2. The lowest BCUT2D eigenvalue weighted by Crippen LogP contribution is -2.30. The van der Waals surface area contributed by atoms with Gasteiger partial charge in [-0.3, -0.25) is 4.79 Å². The van der Waals surface area contributed by atoms with Crippen LogP contribution < -0.4 is 14.8 Å². The van der Waals surface area contributed by atoms with E-state index in [-0.39, 0.29) is 19.1 Å². The van der Waals surface area contributed by atoms with Crippen LogP contribution in [0.15, 0.2) is 18.2 Å². The number of carboxylic acid groups (broad SMARTS) is 1. The highest BCUT2D eigenvalue weighted by atomic mass is 16.5. The van der Waals surface area contributed by atoms with Crippen molar-refractivity contribution in [3.05, 3.63) is 23.8 Å². The van der Waals surface area contributed by atoms with Crippen molar-refractivity contribution in [3.8, 4) is 11.5 Å². The Kier molecular flexibility index (Phi) is 6.48. The predicted octanol–water partition coefficient (Wildman–Crippen LogP) is 0.923. The lowest BCUT2D eigenvalue weighted by molar-refractivity contribution is -0.148. The van der Waals surface area contributed by atoms with Gasteiger partial charge in [-0.25, -0.2) is 4.79 Å². The highest BCUT2D eigenvalue weighted by Crippen LogP contribution is 2.27. The molecule has 0 heterocycles. The van der Waals surface area contributed by atoms with E-state index >= 15 is 0 Å². The molecule has 0 radical (unpaired) electrons. The molecule has 1 amide bonds. The molecule has 21 heavy (non-hydrogen) atoms. The van der Waals surface area contributed by atoms with Crippen LogP contribution in [0, 0.1) is 0 Å². The van der Waals surface area contributed by atoms with Crippen molar-refractivity contribution in [2.24, 2.45) is 0 Å². The minimum Gasteiger partial charge on any atom is -0.493 e. The molecule has 1 atom stereocenters. The molecule has 0 saturated heterocycles. The number of carbonyl (C=O) groups excluding carboxylic acids is 1. The van der Waals surface area contributed by atoms with Gasteiger partial charge in [-0.05, 0) is 25.1 Å². The second-order valence-corrected chi connectivity index (χ2v) is 4.18. The number of ether oxygens (including phenoxy) is 3. The van der Waals surface area contributed by atoms with E-state index in [4.69, 9.17) is 19.3 Å². The maximum Gasteiger partial charge on any atom is 0.332 e. The van der Waals surface area contributed by atoms with Gasteiger partial charge in [0, 0.05) is 12.1 Å². The predicted molar refractivity (Wildman–Crippen MR) is 74.9 cm³/mol. The van der Waals surface area contributed by atoms with Crippen LogP contribution in [0.4, 0.5) is 0 Å². The lowest BCUT2D eigenvalue weighted by atomic mass is 10.2. The van der Waals surface area contributed by atoms with Gasteiger partial charge in [0.15, 0.2) is 17.6 Å². The molecule has 0 aliphatic heterocycles. The van der Waals surface area contributed by atoms with Crippen molar-refractivity contribution in [2.75, 3.05) is 27.4 Å². The normalized spacial score (nSPS) is 11.6. The molecule has 2 N–H and O–H groups in total. The zero-order valence-corrected chi connectivity index (χ0v) is 12.2. The second kappa shape index (κ2) is 8.11. The second-order valence-electron chi connectivity index (χ2n) is 4.18. The molecule has 1 unspecified atom stereocenters. The van der Waals surface area contributed by atoms with E-state index in [2.05, 4.69) is 5.32 Å². The average molecular weight is 297 g/mol. The number of benzene rings is 1. The van der Waals surface area contributed by atoms with E-state index in [1.54, 1.807) is 18.2 Å². The first-order valence-electron chi connectivity index (χ1n) is 6.34. The molecule has 1 aromatic rings. The van der Waals surface area contributed by atoms with Gasteiger partial charge in [0.05, 0.1) is 20.8 Å². The Morgan fingerprint density at radius 2 is 1.90 bits per heavy atom. The van der Waals surface area contributed by atoms with Crippen LogP contribution >= 0.6 is 0 Å². The number of hydrogen-bond acceptors (Lipinski definition) is 5. The van der Waals surface area contributed by atoms with Gasteiger partial charge in [0.1, 0.15) is 0 Å². The van der Waals surface area contributed by atoms with Crippen LogP contribution in [0.1, 0.15) is 17.3 Å². The first-order chi connectivity index (χ1) is 9.99. The van der Waals surface area contributed by atoms with Gasteiger partial charge in [0.2, 0.25) is 0 Å². The highest BCUT2D eigenvalue weighted by Gasteiger charge is 2.12. The molecule has 0 aromatic heterocycles. The number of rotatable bonds is 8. The third kappa shape index (κ3) is 4.96. The molecule has 0 aliphatic rings. The third-order valence-corrected chi connectivity index (χ3v) is 2.75. The van der Waals surface area contributed by atoms with Crippen molar-refractivity contribution in [1.82, 2.24) is 5.32 Å². The summed E-state index contributed by atoms with van der Waals surface area (Å²) in [7, 11) is 3.00. The third-order valence-electron chi connectivity index (χ3n) is 2.75. The van der Waals surface area contributed by atoms with E-state index < -0.39 is 12.1 Å². The molecule has 0 bridgehead atoms. The summed E-state index contributed by atoms with van der Waals surface area (Å²) in [6, 6.07) is 4.81. The summed E-state index contributed by atoms with van der Waals surface area (Å²) in [5.74, 6) is -0.350. The smallest absolute Gasteiger partial charge is 0.332 e. The van der Waals surface area contributed by atoms with Crippen molar-refractivity contribution in [2.45, 2.75) is 13.0 Å². The molecular formula is C14H19NO6. The van der Waals surface area contributed by atoms with Gasteiger partial charge in [0.25, 0.3) is 5.91 Å². The molecule has 7 nitrogen and oxygen atoms in total. The minimum absolute atomic E-state index is 0.118. The largest absolute Gasteiger partial charge is 0.493 e. The molecule has 0 fully saturated rings. The van der Waals surface area contributed by atoms with E-state index in [9.17, 15) is 9.59 Å². The SMILES string of the molecule is COc1ccc(C(=O)NCCOC(C)C(=O)O)cc1OC. The number of methoxy groups -OCH3 is 2. The van der Waals surface area contributed by atoms with Crippen molar-refractivity contribution < 1.29 is 28.9 Å². The summed E-state index contributed by atoms with van der Waals surface area (Å²) in [6.45, 7) is 1.76. The van der Waals surface area contributed by atoms with E-state index in [1.807, 2.05) is 0 Å². The molecule has 0 aliphatic carbocycles. The summed E-state index contributed by atoms with van der Waals surface area (Å²) in [5, 5.41) is 11.3. The van der Waals surface area contributed by atoms with E-state index in [0.717, 1.165) is 0 Å². The van der Waals surface area contributed by atoms with Gasteiger partial charge < -0.3 is 24.6 Å². The van der Waals surface area contributed by atoms with E-state index in [1.165, 1.54) is 21.1 Å². The molecule has 116 valence electrons. The Hall–Kier alpha value is -2.28. The molecule has 1 aromatic carbocycles. The lowest BCUT2D eigenvalue weighted by Gasteiger charge is -2.11. The van der Waals surface area contributed by atoms with Gasteiger partial charge in [-0.15, -0.1) is 0 Å². The van der Waals surface area contributed by atoms with Crippen LogP contribution in [-0.2, 0) is 9.53 Å². The van der Waals surface area contributed by atoms with Crippen molar-refractivity contribution in [1.29, 1.82) is 0 Å². The number of aliphatic carboxylic acids is 1. The fraction of sp³-hybridized carbons (Fsp3) is 0.429. The molecule has 0 saturated carbocycles. The maximum absolute atomic E-state index is 11.9. The van der Waals surface area contributed by atoms with Crippen LogP contribution in [-0.4, -0.2) is 50.5 Å². The van der Waals surface area contributed by atoms with Crippen LogP contribution in [0.25, 0.3) is 0 Å². The first-order valence-corrected chi connectivity index (χ1v) is 6.34. The van der Waals surface area contributed by atoms with Crippen LogP contribution in [0.2, 0.25) is 0 Å². The maximum atomic E-state index is 11.9. The number of carboxylic acids is 1. The molecular weight excluding hydrogens is 278 g/mol. The van der Waals surface area contributed by atoms with Crippen molar-refractivity contribution in [3.63, 3.8) is 0 Å². The summed E-state index contributed by atoms with van der Waals surface area (Å²) >= 11 is 0. The van der Waals surface area contributed by atoms with Gasteiger partial charge in [-0.2, -0.15) is 0 Å². The fourth-order valence-corrected chi connectivity index (χ4v) is 1.55. The summed E-state index contributed by atoms with van der Waals surface area (Å²) < 4.78 is 15.2. The molecule has 1 rings (SSSR count). The Labute approximate surface area is 122 Å². The van der Waals surface area contributed by atoms with Crippen molar-refractivity contribution >= 4 is 11.9 Å². The number of amides is 1.